The van der Waals surface area contributed by atoms with Crippen LogP contribution in [0.25, 0.3) is 0 Å². The van der Waals surface area contributed by atoms with Gasteiger partial charge in [-0.25, -0.2) is 26.1 Å². The van der Waals surface area contributed by atoms with E-state index in [1.165, 1.54) is 19.9 Å². The van der Waals surface area contributed by atoms with Gasteiger partial charge in [0, 0.05) is 17.4 Å². The average Bonchev–Trinajstić information content (AvgIpc) is 2.36. The van der Waals surface area contributed by atoms with E-state index in [0.29, 0.717) is 6.07 Å². The van der Waals surface area contributed by atoms with E-state index >= 15 is 0 Å². The highest BCUT2D eigenvalue weighted by Gasteiger charge is 2.38. The summed E-state index contributed by atoms with van der Waals surface area (Å²) in [5.41, 5.74) is -1.47. The molecule has 1 aromatic carbocycles. The van der Waals surface area contributed by atoms with Gasteiger partial charge in [-0.1, -0.05) is 13.0 Å². The van der Waals surface area contributed by atoms with Crippen LogP contribution in [0.15, 0.2) is 18.2 Å². The van der Waals surface area contributed by atoms with E-state index in [-0.39, 0.29) is 11.3 Å². The molecular formula is C15H23F2NO3S2. The van der Waals surface area contributed by atoms with E-state index in [9.17, 15) is 21.4 Å². The van der Waals surface area contributed by atoms with Gasteiger partial charge in [0.25, 0.3) is 0 Å². The van der Waals surface area contributed by atoms with E-state index < -0.39 is 48.5 Å². The molecule has 4 nitrogen and oxygen atoms in total. The van der Waals surface area contributed by atoms with Gasteiger partial charge >= 0.3 is 0 Å². The van der Waals surface area contributed by atoms with E-state index in [1.807, 2.05) is 0 Å². The highest BCUT2D eigenvalue weighted by atomic mass is 32.2. The molecule has 0 radical (unpaired) electrons. The van der Waals surface area contributed by atoms with Crippen molar-refractivity contribution in [2.75, 3.05) is 11.5 Å². The van der Waals surface area contributed by atoms with Gasteiger partial charge in [0.1, 0.15) is 11.6 Å². The Balaban J connectivity index is 3.39. The van der Waals surface area contributed by atoms with Crippen LogP contribution in [0.3, 0.4) is 0 Å². The van der Waals surface area contributed by atoms with E-state index in [0.717, 1.165) is 6.07 Å². The molecule has 0 aromatic heterocycles. The van der Waals surface area contributed by atoms with Gasteiger partial charge in [-0.05, 0) is 33.8 Å². The molecule has 0 aliphatic carbocycles. The van der Waals surface area contributed by atoms with Crippen LogP contribution in [-0.2, 0) is 26.4 Å². The third-order valence-electron chi connectivity index (χ3n) is 3.35. The zero-order valence-electron chi connectivity index (χ0n) is 13.9. The lowest BCUT2D eigenvalue weighted by atomic mass is 9.95. The maximum absolute atomic E-state index is 14.2. The predicted molar refractivity (Wildman–Crippen MR) is 89.1 cm³/mol. The zero-order chi connectivity index (χ0) is 18.1. The second-order valence-electron chi connectivity index (χ2n) is 6.62. The van der Waals surface area contributed by atoms with Crippen molar-refractivity contribution in [1.82, 2.24) is 4.72 Å². The van der Waals surface area contributed by atoms with Gasteiger partial charge in [0.15, 0.2) is 9.84 Å². The molecular weight excluding hydrogens is 344 g/mol. The summed E-state index contributed by atoms with van der Waals surface area (Å²) in [4.78, 5) is 0. The van der Waals surface area contributed by atoms with Crippen molar-refractivity contribution in [3.8, 4) is 0 Å². The molecule has 1 aromatic rings. The molecule has 8 heteroatoms. The molecule has 0 aliphatic heterocycles. The second-order valence-corrected chi connectivity index (χ2v) is 10.9. The molecule has 0 saturated carbocycles. The first kappa shape index (κ1) is 20.2. The minimum absolute atomic E-state index is 0.0338. The summed E-state index contributed by atoms with van der Waals surface area (Å²) in [5.74, 6) is -2.21. The lowest BCUT2D eigenvalue weighted by Gasteiger charge is -2.33. The molecule has 0 bridgehead atoms. The van der Waals surface area contributed by atoms with Crippen molar-refractivity contribution in [2.24, 2.45) is 0 Å². The molecule has 0 spiro atoms. The molecule has 2 atom stereocenters. The van der Waals surface area contributed by atoms with Gasteiger partial charge in [0.05, 0.1) is 27.0 Å². The first-order valence-corrected chi connectivity index (χ1v) is 10.1. The lowest BCUT2D eigenvalue weighted by molar-refractivity contribution is 0.449. The number of sulfone groups is 1. The SMILES string of the molecule is CCS(=O)(=O)C[C@](C)(N[S@](=O)C(C)(C)C)c1ccc(F)cc1F. The topological polar surface area (TPSA) is 63.2 Å². The summed E-state index contributed by atoms with van der Waals surface area (Å²) < 4.78 is 65.9. The Morgan fingerprint density at radius 3 is 2.17 bits per heavy atom. The average molecular weight is 367 g/mol. The lowest BCUT2D eigenvalue weighted by Crippen LogP contribution is -2.50. The molecule has 23 heavy (non-hydrogen) atoms. The minimum Gasteiger partial charge on any atom is -0.242 e. The van der Waals surface area contributed by atoms with E-state index in [2.05, 4.69) is 4.72 Å². The van der Waals surface area contributed by atoms with Crippen LogP contribution in [0.1, 0.15) is 40.2 Å². The standard InChI is InChI=1S/C15H23F2NO3S2/c1-6-23(20,21)10-15(5,18-22(19)14(2,3)4)12-8-7-11(16)9-13(12)17/h7-9,18H,6,10H2,1-5H3/t15-,22+/m0/s1. The van der Waals surface area contributed by atoms with Gasteiger partial charge in [0.2, 0.25) is 0 Å². The molecule has 0 unspecified atom stereocenters. The fraction of sp³-hybridized carbons (Fsp3) is 0.600. The van der Waals surface area contributed by atoms with E-state index in [4.69, 9.17) is 0 Å². The Morgan fingerprint density at radius 1 is 1.17 bits per heavy atom. The van der Waals surface area contributed by atoms with Crippen LogP contribution in [0.5, 0.6) is 0 Å². The Morgan fingerprint density at radius 2 is 1.74 bits per heavy atom. The second kappa shape index (κ2) is 6.94. The summed E-state index contributed by atoms with van der Waals surface area (Å²) in [6.07, 6.45) is 0. The molecule has 0 amide bonds. The Bertz CT molecular complexity index is 699. The van der Waals surface area contributed by atoms with Gasteiger partial charge < -0.3 is 0 Å². The normalized spacial score (nSPS) is 16.8. The van der Waals surface area contributed by atoms with Gasteiger partial charge in [-0.3, -0.25) is 0 Å². The maximum Gasteiger partial charge on any atom is 0.152 e. The first-order chi connectivity index (χ1) is 10.3. The van der Waals surface area contributed by atoms with Crippen molar-refractivity contribution in [3.05, 3.63) is 35.4 Å². The van der Waals surface area contributed by atoms with Crippen molar-refractivity contribution in [1.29, 1.82) is 0 Å². The van der Waals surface area contributed by atoms with Crippen molar-refractivity contribution in [3.63, 3.8) is 0 Å². The number of benzene rings is 1. The summed E-state index contributed by atoms with van der Waals surface area (Å²) in [6.45, 7) is 8.08. The van der Waals surface area contributed by atoms with Crippen LogP contribution >= 0.6 is 0 Å². The third kappa shape index (κ3) is 5.32. The molecule has 0 heterocycles. The summed E-state index contributed by atoms with van der Waals surface area (Å²) in [7, 11) is -5.13. The van der Waals surface area contributed by atoms with Crippen molar-refractivity contribution >= 4 is 20.8 Å². The van der Waals surface area contributed by atoms with Crippen molar-refractivity contribution in [2.45, 2.75) is 44.9 Å². The molecule has 1 N–H and O–H groups in total. The number of halogens is 2. The van der Waals surface area contributed by atoms with Gasteiger partial charge in [-0.2, -0.15) is 0 Å². The third-order valence-corrected chi connectivity index (χ3v) is 6.99. The zero-order valence-corrected chi connectivity index (χ0v) is 15.6. The molecule has 0 saturated heterocycles. The highest BCUT2D eigenvalue weighted by molar-refractivity contribution is 7.91. The first-order valence-electron chi connectivity index (χ1n) is 7.16. The summed E-state index contributed by atoms with van der Waals surface area (Å²) in [6, 6.07) is 2.92. The molecule has 132 valence electrons. The van der Waals surface area contributed by atoms with E-state index in [1.54, 1.807) is 20.8 Å². The quantitative estimate of drug-likeness (QED) is 0.841. The van der Waals surface area contributed by atoms with Crippen LogP contribution in [0.2, 0.25) is 0 Å². The summed E-state index contributed by atoms with van der Waals surface area (Å²) in [5, 5.41) is 0. The Labute approximate surface area is 139 Å². The molecule has 0 aliphatic rings. The fourth-order valence-electron chi connectivity index (χ4n) is 2.00. The van der Waals surface area contributed by atoms with Crippen LogP contribution in [-0.4, -0.2) is 28.9 Å². The molecule has 1 rings (SSSR count). The minimum atomic E-state index is -3.50. The number of hydrogen-bond donors (Lipinski definition) is 1. The Hall–Kier alpha value is -0.860. The highest BCUT2D eigenvalue weighted by Crippen LogP contribution is 2.28. The predicted octanol–water partition coefficient (Wildman–Crippen LogP) is 2.67. The van der Waals surface area contributed by atoms with Crippen LogP contribution < -0.4 is 4.72 Å². The Kier molecular flexibility index (Phi) is 6.09. The largest absolute Gasteiger partial charge is 0.242 e. The number of nitrogens with one attached hydrogen (secondary N) is 1. The molecule has 0 fully saturated rings. The maximum atomic E-state index is 14.2. The van der Waals surface area contributed by atoms with Gasteiger partial charge in [-0.15, -0.1) is 0 Å². The number of rotatable bonds is 6. The van der Waals surface area contributed by atoms with Crippen molar-refractivity contribution < 1.29 is 21.4 Å². The summed E-state index contributed by atoms with van der Waals surface area (Å²) >= 11 is 0. The monoisotopic (exact) mass is 367 g/mol. The number of hydrogen-bond acceptors (Lipinski definition) is 3. The smallest absolute Gasteiger partial charge is 0.152 e. The van der Waals surface area contributed by atoms with Crippen LogP contribution in [0.4, 0.5) is 8.78 Å². The fourth-order valence-corrected chi connectivity index (χ4v) is 4.30. The van der Waals surface area contributed by atoms with Crippen LogP contribution in [0, 0.1) is 11.6 Å².